The lowest BCUT2D eigenvalue weighted by atomic mass is 10.2. The molecule has 20 heavy (non-hydrogen) atoms. The van der Waals surface area contributed by atoms with Crippen LogP contribution in [0.25, 0.3) is 11.6 Å². The van der Waals surface area contributed by atoms with Crippen LogP contribution in [0.5, 0.6) is 0 Å². The van der Waals surface area contributed by atoms with Gasteiger partial charge in [-0.1, -0.05) is 10.4 Å². The van der Waals surface area contributed by atoms with Gasteiger partial charge in [0.1, 0.15) is 6.10 Å². The molecule has 2 aliphatic rings. The van der Waals surface area contributed by atoms with Gasteiger partial charge in [0, 0.05) is 24.6 Å². The Morgan fingerprint density at radius 3 is 3.10 bits per heavy atom. The summed E-state index contributed by atoms with van der Waals surface area (Å²) in [5, 5.41) is 15.4. The zero-order valence-electron chi connectivity index (χ0n) is 10.7. The van der Waals surface area contributed by atoms with Crippen molar-refractivity contribution in [2.75, 3.05) is 31.2 Å². The highest BCUT2D eigenvalue weighted by Crippen LogP contribution is 2.26. The van der Waals surface area contributed by atoms with E-state index in [-0.39, 0.29) is 6.10 Å². The Morgan fingerprint density at radius 1 is 1.40 bits per heavy atom. The van der Waals surface area contributed by atoms with Crippen molar-refractivity contribution in [3.63, 3.8) is 0 Å². The molecule has 1 N–H and O–H groups in total. The number of thioether (sulfide) groups is 1. The van der Waals surface area contributed by atoms with E-state index in [1.165, 1.54) is 0 Å². The van der Waals surface area contributed by atoms with Gasteiger partial charge in [-0.3, -0.25) is 0 Å². The van der Waals surface area contributed by atoms with Gasteiger partial charge in [-0.2, -0.15) is 16.7 Å². The number of hydrogen-bond donors (Lipinski definition) is 1. The highest BCUT2D eigenvalue weighted by atomic mass is 32.2. The third kappa shape index (κ3) is 2.21. The van der Waals surface area contributed by atoms with E-state index < -0.39 is 0 Å². The van der Waals surface area contributed by atoms with E-state index in [0.29, 0.717) is 23.5 Å². The second kappa shape index (κ2) is 5.15. The number of ether oxygens (including phenoxy) is 1. The molecule has 9 heteroatoms. The Morgan fingerprint density at radius 2 is 2.35 bits per heavy atom. The highest BCUT2D eigenvalue weighted by Gasteiger charge is 2.25. The Kier molecular flexibility index (Phi) is 3.17. The molecule has 1 atom stereocenters. The van der Waals surface area contributed by atoms with Crippen LogP contribution in [-0.4, -0.2) is 56.3 Å². The van der Waals surface area contributed by atoms with Gasteiger partial charge in [0.15, 0.2) is 5.69 Å². The van der Waals surface area contributed by atoms with Crippen LogP contribution in [0.1, 0.15) is 18.0 Å². The van der Waals surface area contributed by atoms with Crippen molar-refractivity contribution in [3.8, 4) is 11.6 Å². The van der Waals surface area contributed by atoms with E-state index in [0.717, 1.165) is 31.2 Å². The average Bonchev–Trinajstić information content (AvgIpc) is 3.06. The fraction of sp³-hybridized carbons (Fsp3) is 0.636. The molecule has 2 aromatic heterocycles. The minimum atomic E-state index is -0.0860. The molecule has 0 amide bonds. The standard InChI is InChI=1S/C11H14N6O2S/c1-2-20-6-9(18-1)10-13-11(19-15-10)8-5-17(16-14-8)7-3-12-4-7/h5,7,9,12H,1-4,6H2. The molecule has 0 radical (unpaired) electrons. The molecule has 2 fully saturated rings. The summed E-state index contributed by atoms with van der Waals surface area (Å²) in [6.07, 6.45) is 1.76. The van der Waals surface area contributed by atoms with Crippen molar-refractivity contribution in [1.82, 2.24) is 30.5 Å². The summed E-state index contributed by atoms with van der Waals surface area (Å²) >= 11 is 1.84. The second-order valence-corrected chi connectivity index (χ2v) is 5.94. The van der Waals surface area contributed by atoms with Gasteiger partial charge in [0.2, 0.25) is 5.82 Å². The van der Waals surface area contributed by atoms with Gasteiger partial charge in [0.25, 0.3) is 5.89 Å². The molecule has 106 valence electrons. The van der Waals surface area contributed by atoms with Crippen LogP contribution >= 0.6 is 11.8 Å². The molecule has 0 spiro atoms. The molecule has 2 aromatic rings. The molecule has 2 aliphatic heterocycles. The van der Waals surface area contributed by atoms with Crippen molar-refractivity contribution in [2.45, 2.75) is 12.1 Å². The summed E-state index contributed by atoms with van der Waals surface area (Å²) < 4.78 is 12.7. The maximum absolute atomic E-state index is 5.63. The number of nitrogens with one attached hydrogen (secondary N) is 1. The van der Waals surface area contributed by atoms with Gasteiger partial charge in [0.05, 0.1) is 18.8 Å². The maximum Gasteiger partial charge on any atom is 0.280 e. The van der Waals surface area contributed by atoms with Crippen molar-refractivity contribution >= 4 is 11.8 Å². The van der Waals surface area contributed by atoms with Crippen molar-refractivity contribution in [1.29, 1.82) is 0 Å². The van der Waals surface area contributed by atoms with E-state index >= 15 is 0 Å². The predicted molar refractivity (Wildman–Crippen MR) is 71.2 cm³/mol. The minimum absolute atomic E-state index is 0.0860. The summed E-state index contributed by atoms with van der Waals surface area (Å²) in [6, 6.07) is 0.372. The number of aromatic nitrogens is 5. The van der Waals surface area contributed by atoms with E-state index in [1.54, 1.807) is 0 Å². The molecule has 8 nitrogen and oxygen atoms in total. The van der Waals surface area contributed by atoms with Crippen molar-refractivity contribution in [2.24, 2.45) is 0 Å². The summed E-state index contributed by atoms with van der Waals surface area (Å²) in [5.74, 6) is 2.87. The fourth-order valence-electron chi connectivity index (χ4n) is 2.12. The summed E-state index contributed by atoms with van der Waals surface area (Å²) in [4.78, 5) is 4.37. The predicted octanol–water partition coefficient (Wildman–Crippen LogP) is 0.277. The Bertz CT molecular complexity index is 589. The van der Waals surface area contributed by atoms with E-state index in [1.807, 2.05) is 22.6 Å². The summed E-state index contributed by atoms with van der Waals surface area (Å²) in [6.45, 7) is 2.57. The zero-order valence-corrected chi connectivity index (χ0v) is 11.5. The van der Waals surface area contributed by atoms with Gasteiger partial charge in [-0.15, -0.1) is 5.10 Å². The lowest BCUT2D eigenvalue weighted by Crippen LogP contribution is -2.43. The first-order valence-electron chi connectivity index (χ1n) is 6.56. The fourth-order valence-corrected chi connectivity index (χ4v) is 2.96. The van der Waals surface area contributed by atoms with Gasteiger partial charge in [-0.25, -0.2) is 4.68 Å². The molecular weight excluding hydrogens is 280 g/mol. The Hall–Kier alpha value is -1.45. The molecule has 0 bridgehead atoms. The van der Waals surface area contributed by atoms with Crippen LogP contribution in [0.15, 0.2) is 10.7 Å². The Balaban J connectivity index is 1.53. The third-order valence-electron chi connectivity index (χ3n) is 3.41. The van der Waals surface area contributed by atoms with Gasteiger partial charge in [-0.05, 0) is 0 Å². The second-order valence-electron chi connectivity index (χ2n) is 4.79. The van der Waals surface area contributed by atoms with Crippen molar-refractivity contribution in [3.05, 3.63) is 12.0 Å². The van der Waals surface area contributed by atoms with Crippen LogP contribution in [0, 0.1) is 0 Å². The number of nitrogens with zero attached hydrogens (tertiary/aromatic N) is 5. The molecule has 0 aromatic carbocycles. The highest BCUT2D eigenvalue weighted by molar-refractivity contribution is 7.99. The maximum atomic E-state index is 5.63. The van der Waals surface area contributed by atoms with Crippen LogP contribution in [0.4, 0.5) is 0 Å². The topological polar surface area (TPSA) is 90.9 Å². The first-order chi connectivity index (χ1) is 9.90. The molecule has 1 unspecified atom stereocenters. The largest absolute Gasteiger partial charge is 0.368 e. The normalized spacial score (nSPS) is 23.7. The molecule has 2 saturated heterocycles. The van der Waals surface area contributed by atoms with Crippen LogP contribution in [0.2, 0.25) is 0 Å². The SMILES string of the molecule is c1c(-c2nc(C3CSCCO3)no2)nnn1C1CNC1. The quantitative estimate of drug-likeness (QED) is 0.863. The van der Waals surface area contributed by atoms with Gasteiger partial charge < -0.3 is 14.6 Å². The first-order valence-corrected chi connectivity index (χ1v) is 7.71. The third-order valence-corrected chi connectivity index (χ3v) is 4.40. The van der Waals surface area contributed by atoms with Crippen molar-refractivity contribution < 1.29 is 9.26 Å². The lowest BCUT2D eigenvalue weighted by molar-refractivity contribution is 0.0677. The first kappa shape index (κ1) is 12.3. The minimum Gasteiger partial charge on any atom is -0.368 e. The lowest BCUT2D eigenvalue weighted by Gasteiger charge is -2.26. The molecule has 4 rings (SSSR count). The zero-order chi connectivity index (χ0) is 13.4. The average molecular weight is 294 g/mol. The molecular formula is C11H14N6O2S. The number of hydrogen-bond acceptors (Lipinski definition) is 8. The van der Waals surface area contributed by atoms with Crippen LogP contribution < -0.4 is 5.32 Å². The van der Waals surface area contributed by atoms with Gasteiger partial charge >= 0.3 is 0 Å². The van der Waals surface area contributed by atoms with E-state index in [4.69, 9.17) is 9.26 Å². The monoisotopic (exact) mass is 294 g/mol. The van der Waals surface area contributed by atoms with E-state index in [9.17, 15) is 0 Å². The van der Waals surface area contributed by atoms with Crippen LogP contribution in [0.3, 0.4) is 0 Å². The molecule has 4 heterocycles. The molecule has 0 aliphatic carbocycles. The summed E-state index contributed by atoms with van der Waals surface area (Å²) in [5.41, 5.74) is 0.610. The Labute approximate surface area is 119 Å². The smallest absolute Gasteiger partial charge is 0.280 e. The number of rotatable bonds is 3. The van der Waals surface area contributed by atoms with E-state index in [2.05, 4.69) is 25.8 Å². The van der Waals surface area contributed by atoms with Crippen LogP contribution in [-0.2, 0) is 4.74 Å². The molecule has 0 saturated carbocycles. The summed E-state index contributed by atoms with van der Waals surface area (Å²) in [7, 11) is 0.